The molecule has 0 fully saturated rings. The summed E-state index contributed by atoms with van der Waals surface area (Å²) in [5.74, 6) is 0.585. The molecule has 0 aliphatic rings. The van der Waals surface area contributed by atoms with Crippen LogP contribution < -0.4 is 10.1 Å². The minimum Gasteiger partial charge on any atom is -0.489 e. The van der Waals surface area contributed by atoms with Gasteiger partial charge < -0.3 is 10.1 Å². The lowest BCUT2D eigenvalue weighted by atomic mass is 10.1. The molecule has 1 N–H and O–H groups in total. The average Bonchev–Trinajstić information content (AvgIpc) is 2.66. The number of halogens is 3. The highest BCUT2D eigenvalue weighted by Crippen LogP contribution is 2.23. The van der Waals surface area contributed by atoms with Gasteiger partial charge in [0.25, 0.3) is 0 Å². The molecule has 0 aliphatic carbocycles. The van der Waals surface area contributed by atoms with E-state index in [-0.39, 0.29) is 5.82 Å². The summed E-state index contributed by atoms with van der Waals surface area (Å²) < 4.78 is 18.8. The van der Waals surface area contributed by atoms with Crippen molar-refractivity contribution >= 4 is 23.2 Å². The third-order valence-corrected chi connectivity index (χ3v) is 4.73. The Morgan fingerprint density at radius 3 is 2.48 bits per heavy atom. The molecular formula is C22H20Cl2FNO. The minimum absolute atomic E-state index is 0.205. The van der Waals surface area contributed by atoms with Crippen molar-refractivity contribution in [3.05, 3.63) is 99.3 Å². The lowest BCUT2D eigenvalue weighted by Gasteiger charge is -2.10. The average molecular weight is 404 g/mol. The van der Waals surface area contributed by atoms with Crippen LogP contribution in [0.5, 0.6) is 5.75 Å². The zero-order chi connectivity index (χ0) is 19.1. The highest BCUT2D eigenvalue weighted by molar-refractivity contribution is 6.35. The molecule has 27 heavy (non-hydrogen) atoms. The Balaban J connectivity index is 1.47. The van der Waals surface area contributed by atoms with Crippen molar-refractivity contribution in [2.75, 3.05) is 6.54 Å². The van der Waals surface area contributed by atoms with Gasteiger partial charge in [0.05, 0.1) is 0 Å². The Morgan fingerprint density at radius 2 is 1.70 bits per heavy atom. The second kappa shape index (κ2) is 9.75. The molecule has 0 saturated carbocycles. The number of ether oxygens (including phenoxy) is 1. The van der Waals surface area contributed by atoms with Crippen molar-refractivity contribution in [3.63, 3.8) is 0 Å². The van der Waals surface area contributed by atoms with E-state index in [1.165, 1.54) is 12.1 Å². The van der Waals surface area contributed by atoms with E-state index in [2.05, 4.69) is 5.32 Å². The summed E-state index contributed by atoms with van der Waals surface area (Å²) in [5, 5.41) is 4.60. The molecule has 0 amide bonds. The van der Waals surface area contributed by atoms with Crippen LogP contribution in [-0.2, 0) is 19.6 Å². The van der Waals surface area contributed by atoms with Gasteiger partial charge in [-0.2, -0.15) is 0 Å². The molecule has 0 spiro atoms. The smallest absolute Gasteiger partial charge is 0.123 e. The maximum Gasteiger partial charge on any atom is 0.123 e. The summed E-state index contributed by atoms with van der Waals surface area (Å²) in [6.45, 7) is 1.94. The van der Waals surface area contributed by atoms with Crippen LogP contribution in [0.2, 0.25) is 10.0 Å². The lowest BCUT2D eigenvalue weighted by Crippen LogP contribution is -2.16. The molecule has 0 radical (unpaired) electrons. The molecule has 0 atom stereocenters. The predicted molar refractivity (Wildman–Crippen MR) is 109 cm³/mol. The van der Waals surface area contributed by atoms with E-state index in [1.54, 1.807) is 12.1 Å². The van der Waals surface area contributed by atoms with Crippen LogP contribution in [0, 0.1) is 5.82 Å². The quantitative estimate of drug-likeness (QED) is 0.462. The first-order chi connectivity index (χ1) is 13.1. The minimum atomic E-state index is -0.205. The van der Waals surface area contributed by atoms with E-state index in [0.29, 0.717) is 16.7 Å². The number of hydrogen-bond donors (Lipinski definition) is 1. The van der Waals surface area contributed by atoms with Crippen molar-refractivity contribution in [2.24, 2.45) is 0 Å². The van der Waals surface area contributed by atoms with Crippen molar-refractivity contribution in [1.82, 2.24) is 5.32 Å². The lowest BCUT2D eigenvalue weighted by molar-refractivity contribution is 0.306. The fourth-order valence-corrected chi connectivity index (χ4v) is 3.12. The third-order valence-electron chi connectivity index (χ3n) is 4.14. The van der Waals surface area contributed by atoms with Crippen molar-refractivity contribution in [2.45, 2.75) is 19.6 Å². The summed E-state index contributed by atoms with van der Waals surface area (Å²) in [7, 11) is 0. The van der Waals surface area contributed by atoms with E-state index in [9.17, 15) is 4.39 Å². The molecule has 0 aliphatic heterocycles. The van der Waals surface area contributed by atoms with E-state index in [1.807, 2.05) is 42.5 Å². The van der Waals surface area contributed by atoms with Crippen LogP contribution in [0.4, 0.5) is 4.39 Å². The Bertz CT molecular complexity index is 884. The van der Waals surface area contributed by atoms with Crippen molar-refractivity contribution < 1.29 is 9.13 Å². The van der Waals surface area contributed by atoms with Crippen LogP contribution in [-0.4, -0.2) is 6.54 Å². The standard InChI is InChI=1S/C22H20Cl2FNO/c23-19-7-6-18(22(24)13-19)15-27-21-3-1-2-17(12-21)14-26-11-10-16-4-8-20(25)9-5-16/h1-9,12-13,26H,10-11,14-15H2. The van der Waals surface area contributed by atoms with E-state index < -0.39 is 0 Å². The van der Waals surface area contributed by atoms with Gasteiger partial charge in [-0.1, -0.05) is 53.5 Å². The van der Waals surface area contributed by atoms with E-state index >= 15 is 0 Å². The molecule has 0 bridgehead atoms. The van der Waals surface area contributed by atoms with Gasteiger partial charge >= 0.3 is 0 Å². The molecule has 0 saturated heterocycles. The summed E-state index contributed by atoms with van der Waals surface area (Å²) in [6.07, 6.45) is 0.853. The molecule has 3 aromatic rings. The van der Waals surface area contributed by atoms with Gasteiger partial charge in [0, 0.05) is 22.2 Å². The van der Waals surface area contributed by atoms with Crippen LogP contribution in [0.1, 0.15) is 16.7 Å². The normalized spacial score (nSPS) is 10.8. The van der Waals surface area contributed by atoms with Gasteiger partial charge in [0.15, 0.2) is 0 Å². The number of hydrogen-bond acceptors (Lipinski definition) is 2. The van der Waals surface area contributed by atoms with Gasteiger partial charge in [0.1, 0.15) is 18.2 Å². The summed E-state index contributed by atoms with van der Waals surface area (Å²) in [4.78, 5) is 0. The number of nitrogens with one attached hydrogen (secondary N) is 1. The molecule has 3 aromatic carbocycles. The second-order valence-corrected chi connectivity index (χ2v) is 7.07. The first-order valence-electron chi connectivity index (χ1n) is 8.71. The van der Waals surface area contributed by atoms with Gasteiger partial charge in [-0.05, 0) is 60.5 Å². The summed E-state index contributed by atoms with van der Waals surface area (Å²) >= 11 is 12.1. The fraction of sp³-hybridized carbons (Fsp3) is 0.182. The van der Waals surface area contributed by atoms with Crippen LogP contribution in [0.3, 0.4) is 0 Å². The second-order valence-electron chi connectivity index (χ2n) is 6.23. The van der Waals surface area contributed by atoms with E-state index in [0.717, 1.165) is 42.0 Å². The Labute approximate surface area is 168 Å². The Hall–Kier alpha value is -2.07. The fourth-order valence-electron chi connectivity index (χ4n) is 2.66. The molecule has 5 heteroatoms. The molecule has 0 heterocycles. The Kier molecular flexibility index (Phi) is 7.11. The molecule has 3 rings (SSSR count). The highest BCUT2D eigenvalue weighted by Gasteiger charge is 2.03. The third kappa shape index (κ3) is 6.24. The van der Waals surface area contributed by atoms with Crippen molar-refractivity contribution in [1.29, 1.82) is 0 Å². The molecule has 0 unspecified atom stereocenters. The molecule has 2 nitrogen and oxygen atoms in total. The maximum absolute atomic E-state index is 12.9. The summed E-state index contributed by atoms with van der Waals surface area (Å²) in [5.41, 5.74) is 3.14. The van der Waals surface area contributed by atoms with Crippen LogP contribution >= 0.6 is 23.2 Å². The number of benzene rings is 3. The molecule has 0 aromatic heterocycles. The molecular weight excluding hydrogens is 384 g/mol. The highest BCUT2D eigenvalue weighted by atomic mass is 35.5. The summed E-state index contributed by atoms with van der Waals surface area (Å²) in [6, 6.07) is 19.9. The monoisotopic (exact) mass is 403 g/mol. The van der Waals surface area contributed by atoms with Gasteiger partial charge in [-0.3, -0.25) is 0 Å². The zero-order valence-corrected chi connectivity index (χ0v) is 16.2. The first kappa shape index (κ1) is 19.7. The van der Waals surface area contributed by atoms with E-state index in [4.69, 9.17) is 27.9 Å². The van der Waals surface area contributed by atoms with Gasteiger partial charge in [-0.15, -0.1) is 0 Å². The first-order valence-corrected chi connectivity index (χ1v) is 9.46. The SMILES string of the molecule is Fc1ccc(CCNCc2cccc(OCc3ccc(Cl)cc3Cl)c2)cc1. The largest absolute Gasteiger partial charge is 0.489 e. The van der Waals surface area contributed by atoms with Gasteiger partial charge in [-0.25, -0.2) is 4.39 Å². The number of rotatable bonds is 8. The topological polar surface area (TPSA) is 21.3 Å². The van der Waals surface area contributed by atoms with Crippen LogP contribution in [0.25, 0.3) is 0 Å². The van der Waals surface area contributed by atoms with Crippen LogP contribution in [0.15, 0.2) is 66.7 Å². The van der Waals surface area contributed by atoms with Gasteiger partial charge in [0.2, 0.25) is 0 Å². The zero-order valence-electron chi connectivity index (χ0n) is 14.7. The van der Waals surface area contributed by atoms with Crippen molar-refractivity contribution in [3.8, 4) is 5.75 Å². The Morgan fingerprint density at radius 1 is 0.889 bits per heavy atom. The predicted octanol–water partition coefficient (Wildman–Crippen LogP) is 6.04. The maximum atomic E-state index is 12.9. The molecule has 140 valence electrons.